The van der Waals surface area contributed by atoms with Crippen molar-refractivity contribution >= 4 is 33.2 Å². The highest BCUT2D eigenvalue weighted by molar-refractivity contribution is 7.22. The number of rotatable bonds is 3. The molecule has 1 aliphatic rings. The molecule has 4 aromatic rings. The fourth-order valence-corrected chi connectivity index (χ4v) is 4.95. The first-order valence-electron chi connectivity index (χ1n) is 9.54. The number of carbonyl (C=O) groups excluding carboxylic acids is 1. The van der Waals surface area contributed by atoms with Gasteiger partial charge in [0.1, 0.15) is 11.8 Å². The number of nitrogens with zero attached hydrogens (tertiary/aromatic N) is 5. The fraction of sp³-hybridized carbons (Fsp3) is 0.130. The molecule has 152 valence electrons. The molecule has 0 spiro atoms. The van der Waals surface area contributed by atoms with E-state index < -0.39 is 5.97 Å². The topological polar surface area (TPSA) is 84.0 Å². The standard InChI is InChI=1S/C23H17N5O2S/c1-27(2)12-18-20-14(23(29)30-18)8-9-17(26-20)16-11-25-28(3)21(16)22-15(10-24)13-6-4-5-7-19(13)31-22/h4-9,11-12H,1-3H3/b18-12-. The smallest absolute Gasteiger partial charge is 0.346 e. The predicted molar refractivity (Wildman–Crippen MR) is 119 cm³/mol. The number of thiophene rings is 1. The van der Waals surface area contributed by atoms with Crippen LogP contribution in [0.1, 0.15) is 21.6 Å². The van der Waals surface area contributed by atoms with Gasteiger partial charge in [-0.15, -0.1) is 11.3 Å². The molecule has 0 amide bonds. The minimum Gasteiger partial charge on any atom is -0.419 e. The summed E-state index contributed by atoms with van der Waals surface area (Å²) >= 11 is 1.56. The highest BCUT2D eigenvalue weighted by Crippen LogP contribution is 2.42. The second-order valence-electron chi connectivity index (χ2n) is 7.38. The number of esters is 1. The summed E-state index contributed by atoms with van der Waals surface area (Å²) in [7, 11) is 5.56. The highest BCUT2D eigenvalue weighted by Gasteiger charge is 2.30. The number of fused-ring (bicyclic) bond motifs is 2. The third kappa shape index (κ3) is 2.98. The van der Waals surface area contributed by atoms with Gasteiger partial charge < -0.3 is 9.64 Å². The maximum Gasteiger partial charge on any atom is 0.346 e. The lowest BCUT2D eigenvalue weighted by Gasteiger charge is -2.08. The van der Waals surface area contributed by atoms with Crippen molar-refractivity contribution in [2.75, 3.05) is 14.1 Å². The molecular weight excluding hydrogens is 410 g/mol. The average molecular weight is 427 g/mol. The van der Waals surface area contributed by atoms with E-state index in [1.165, 1.54) is 0 Å². The molecule has 0 N–H and O–H groups in total. The van der Waals surface area contributed by atoms with Crippen LogP contribution in [-0.2, 0) is 11.8 Å². The van der Waals surface area contributed by atoms with Crippen LogP contribution in [0, 0.1) is 11.3 Å². The number of hydrogen-bond acceptors (Lipinski definition) is 7. The van der Waals surface area contributed by atoms with Crippen LogP contribution in [0.15, 0.2) is 48.8 Å². The summed E-state index contributed by atoms with van der Waals surface area (Å²) in [5, 5.41) is 15.2. The summed E-state index contributed by atoms with van der Waals surface area (Å²) in [6.45, 7) is 0. The van der Waals surface area contributed by atoms with Crippen molar-refractivity contribution in [3.63, 3.8) is 0 Å². The zero-order valence-corrected chi connectivity index (χ0v) is 17.9. The minimum atomic E-state index is -0.412. The molecule has 0 radical (unpaired) electrons. The number of aryl methyl sites for hydroxylation is 1. The van der Waals surface area contributed by atoms with E-state index in [0.717, 1.165) is 26.2 Å². The van der Waals surface area contributed by atoms with Crippen molar-refractivity contribution in [1.82, 2.24) is 19.7 Å². The quantitative estimate of drug-likeness (QED) is 0.454. The Kier molecular flexibility index (Phi) is 4.34. The summed E-state index contributed by atoms with van der Waals surface area (Å²) in [5.74, 6) is 0.00157. The molecule has 0 fully saturated rings. The zero-order chi connectivity index (χ0) is 21.7. The van der Waals surface area contributed by atoms with Crippen LogP contribution in [0.5, 0.6) is 0 Å². The van der Waals surface area contributed by atoms with Crippen molar-refractivity contribution in [1.29, 1.82) is 5.26 Å². The third-order valence-electron chi connectivity index (χ3n) is 5.06. The van der Waals surface area contributed by atoms with Gasteiger partial charge in [-0.2, -0.15) is 10.4 Å². The number of ether oxygens (including phenoxy) is 1. The van der Waals surface area contributed by atoms with Crippen molar-refractivity contribution in [2.24, 2.45) is 7.05 Å². The Bertz CT molecular complexity index is 1440. The summed E-state index contributed by atoms with van der Waals surface area (Å²) < 4.78 is 8.18. The number of carbonyl (C=O) groups is 1. The van der Waals surface area contributed by atoms with Gasteiger partial charge in [-0.25, -0.2) is 9.78 Å². The lowest BCUT2D eigenvalue weighted by Crippen LogP contribution is -2.03. The Balaban J connectivity index is 1.71. The van der Waals surface area contributed by atoms with Crippen LogP contribution in [0.25, 0.3) is 37.7 Å². The van der Waals surface area contributed by atoms with Crippen LogP contribution in [0.4, 0.5) is 0 Å². The summed E-state index contributed by atoms with van der Waals surface area (Å²) in [6.07, 6.45) is 3.47. The van der Waals surface area contributed by atoms with E-state index in [2.05, 4.69) is 11.2 Å². The van der Waals surface area contributed by atoms with Gasteiger partial charge in [-0.3, -0.25) is 4.68 Å². The second kappa shape index (κ2) is 7.07. The molecule has 8 heteroatoms. The third-order valence-corrected chi connectivity index (χ3v) is 6.24. The molecule has 0 bridgehead atoms. The number of hydrogen-bond donors (Lipinski definition) is 0. The van der Waals surface area contributed by atoms with Crippen LogP contribution in [-0.4, -0.2) is 39.7 Å². The van der Waals surface area contributed by atoms with Gasteiger partial charge in [0.2, 0.25) is 0 Å². The second-order valence-corrected chi connectivity index (χ2v) is 8.44. The summed E-state index contributed by atoms with van der Waals surface area (Å²) in [6, 6.07) is 13.7. The molecule has 0 saturated carbocycles. The number of benzene rings is 1. The van der Waals surface area contributed by atoms with Crippen LogP contribution in [0.2, 0.25) is 0 Å². The average Bonchev–Trinajstić information content (AvgIpc) is 3.40. The SMILES string of the molecule is CN(C)/C=C1\OC(=O)c2ccc(-c3cnn(C)c3-c3sc4ccccc4c3C#N)nc21. The lowest BCUT2D eigenvalue weighted by atomic mass is 10.0. The Morgan fingerprint density at radius 2 is 2.00 bits per heavy atom. The van der Waals surface area contributed by atoms with Crippen LogP contribution in [0.3, 0.4) is 0 Å². The monoisotopic (exact) mass is 427 g/mol. The first-order valence-corrected chi connectivity index (χ1v) is 10.4. The number of aromatic nitrogens is 3. The summed E-state index contributed by atoms with van der Waals surface area (Å²) in [4.78, 5) is 19.6. The van der Waals surface area contributed by atoms with Crippen LogP contribution >= 0.6 is 11.3 Å². The molecule has 0 aliphatic carbocycles. The van der Waals surface area contributed by atoms with Gasteiger partial charge in [-0.1, -0.05) is 18.2 Å². The van der Waals surface area contributed by atoms with Gasteiger partial charge in [0.05, 0.1) is 33.6 Å². The van der Waals surface area contributed by atoms with Crippen LogP contribution < -0.4 is 0 Å². The van der Waals surface area contributed by atoms with E-state index in [1.54, 1.807) is 45.4 Å². The number of cyclic esters (lactones) is 1. The minimum absolute atomic E-state index is 0.412. The van der Waals surface area contributed by atoms with Gasteiger partial charge in [0.15, 0.2) is 5.76 Å². The normalized spacial score (nSPS) is 14.0. The number of nitriles is 1. The van der Waals surface area contributed by atoms with Gasteiger partial charge in [0, 0.05) is 43.0 Å². The molecule has 0 unspecified atom stereocenters. The molecule has 7 nitrogen and oxygen atoms in total. The van der Waals surface area contributed by atoms with Crippen molar-refractivity contribution in [3.05, 3.63) is 65.6 Å². The maximum atomic E-state index is 12.2. The van der Waals surface area contributed by atoms with Gasteiger partial charge >= 0.3 is 5.97 Å². The molecular formula is C23H17N5O2S. The molecule has 0 atom stereocenters. The Labute approximate surface area is 182 Å². The first kappa shape index (κ1) is 19.0. The maximum absolute atomic E-state index is 12.2. The zero-order valence-electron chi connectivity index (χ0n) is 17.1. The van der Waals surface area contributed by atoms with Gasteiger partial charge in [0.25, 0.3) is 0 Å². The summed E-state index contributed by atoms with van der Waals surface area (Å²) in [5.41, 5.74) is 3.82. The Hall–Kier alpha value is -3.96. The molecule has 1 aliphatic heterocycles. The van der Waals surface area contributed by atoms with Gasteiger partial charge in [-0.05, 0) is 18.2 Å². The Morgan fingerprint density at radius 1 is 1.19 bits per heavy atom. The predicted octanol–water partition coefficient (Wildman–Crippen LogP) is 4.27. The molecule has 1 aromatic carbocycles. The van der Waals surface area contributed by atoms with E-state index >= 15 is 0 Å². The van der Waals surface area contributed by atoms with Crippen molar-refractivity contribution < 1.29 is 9.53 Å². The van der Waals surface area contributed by atoms with E-state index in [4.69, 9.17) is 9.72 Å². The van der Waals surface area contributed by atoms with Crippen molar-refractivity contribution in [2.45, 2.75) is 0 Å². The largest absolute Gasteiger partial charge is 0.419 e. The lowest BCUT2D eigenvalue weighted by molar-refractivity contribution is 0.0714. The first-order chi connectivity index (χ1) is 15.0. The molecule has 31 heavy (non-hydrogen) atoms. The highest BCUT2D eigenvalue weighted by atomic mass is 32.1. The van der Waals surface area contributed by atoms with E-state index in [1.807, 2.05) is 45.4 Å². The van der Waals surface area contributed by atoms with Crippen molar-refractivity contribution in [3.8, 4) is 27.9 Å². The van der Waals surface area contributed by atoms with E-state index in [0.29, 0.717) is 28.3 Å². The molecule has 5 rings (SSSR count). The number of pyridine rings is 1. The Morgan fingerprint density at radius 3 is 2.77 bits per heavy atom. The van der Waals surface area contributed by atoms with E-state index in [-0.39, 0.29) is 0 Å². The fourth-order valence-electron chi connectivity index (χ4n) is 3.70. The molecule has 3 aromatic heterocycles. The molecule has 4 heterocycles. The van der Waals surface area contributed by atoms with E-state index in [9.17, 15) is 10.1 Å². The molecule has 0 saturated heterocycles.